The average molecular weight is 327 g/mol. The molecule has 0 radical (unpaired) electrons. The Hall–Kier alpha value is 1.32. The second kappa shape index (κ2) is 7.36. The fourth-order valence-electron chi connectivity index (χ4n) is 1.15. The van der Waals surface area contributed by atoms with Gasteiger partial charge in [-0.05, 0) is 22.0 Å². The van der Waals surface area contributed by atoms with Crippen LogP contribution in [0.2, 0.25) is 0 Å². The summed E-state index contributed by atoms with van der Waals surface area (Å²) in [5.41, 5.74) is 0. The van der Waals surface area contributed by atoms with Crippen LogP contribution < -0.4 is 0 Å². The van der Waals surface area contributed by atoms with Crippen molar-refractivity contribution in [3.63, 3.8) is 0 Å². The predicted octanol–water partition coefficient (Wildman–Crippen LogP) is 4.79. The summed E-state index contributed by atoms with van der Waals surface area (Å²) in [5.74, 6) is 0. The Balaban J connectivity index is 2.17. The summed E-state index contributed by atoms with van der Waals surface area (Å²) in [7, 11) is 7.82. The number of hydrogen-bond donors (Lipinski definition) is 0. The summed E-state index contributed by atoms with van der Waals surface area (Å²) in [4.78, 5) is 0. The summed E-state index contributed by atoms with van der Waals surface area (Å²) in [6.07, 6.45) is 0. The quantitative estimate of drug-likeness (QED) is 0.537. The van der Waals surface area contributed by atoms with E-state index in [-0.39, 0.29) is 0 Å². The van der Waals surface area contributed by atoms with Gasteiger partial charge in [-0.1, -0.05) is 63.1 Å². The van der Waals surface area contributed by atoms with E-state index in [0.29, 0.717) is 9.49 Å². The van der Waals surface area contributed by atoms with E-state index in [1.54, 1.807) is 0 Å². The van der Waals surface area contributed by atoms with E-state index < -0.39 is 0 Å². The highest BCUT2D eigenvalue weighted by molar-refractivity contribution is 8.76. The Morgan fingerprint density at radius 1 is 0.611 bits per heavy atom. The van der Waals surface area contributed by atoms with Crippen molar-refractivity contribution in [3.8, 4) is 0 Å². The van der Waals surface area contributed by atoms with Crippen LogP contribution in [0.1, 0.15) is 41.5 Å². The van der Waals surface area contributed by atoms with Crippen LogP contribution in [0.3, 0.4) is 0 Å². The first kappa shape index (κ1) is 17.4. The van der Waals surface area contributed by atoms with Crippen molar-refractivity contribution in [2.24, 2.45) is 0 Å². The Bertz CT molecular complexity index is 213. The van der Waals surface area contributed by atoms with Crippen LogP contribution in [0.4, 0.5) is 0 Å². The largest absolute Gasteiger partial charge is 0.239 e. The van der Waals surface area contributed by atoms with E-state index in [1.165, 1.54) is 26.2 Å². The Morgan fingerprint density at radius 3 is 1.11 bits per heavy atom. The molecule has 0 aromatic heterocycles. The highest BCUT2D eigenvalue weighted by Gasteiger charge is 2.22. The molecule has 0 saturated carbocycles. The zero-order chi connectivity index (χ0) is 13.8. The van der Waals surface area contributed by atoms with Crippen molar-refractivity contribution in [1.29, 1.82) is 0 Å². The standard InChI is InChI=1S/C12H26N2S4/c1-11(2,3)15-17-13-7-9-14(10-8-13)18-16-12(4,5)6/h7-10H2,1-6H3. The second-order valence-corrected chi connectivity index (χ2v) is 12.4. The van der Waals surface area contributed by atoms with Crippen molar-refractivity contribution in [1.82, 2.24) is 8.61 Å². The van der Waals surface area contributed by atoms with Crippen molar-refractivity contribution < 1.29 is 0 Å². The van der Waals surface area contributed by atoms with Gasteiger partial charge in [0.2, 0.25) is 0 Å². The Morgan fingerprint density at radius 2 is 0.889 bits per heavy atom. The summed E-state index contributed by atoms with van der Waals surface area (Å²) in [6.45, 7) is 18.3. The van der Waals surface area contributed by atoms with Gasteiger partial charge in [-0.25, -0.2) is 8.61 Å². The van der Waals surface area contributed by atoms with Gasteiger partial charge in [-0.2, -0.15) is 0 Å². The average Bonchev–Trinajstić information content (AvgIpc) is 2.23. The first-order chi connectivity index (χ1) is 8.16. The predicted molar refractivity (Wildman–Crippen MR) is 93.0 cm³/mol. The third-order valence-corrected chi connectivity index (χ3v) is 9.00. The molecular formula is C12H26N2S4. The third-order valence-electron chi connectivity index (χ3n) is 1.98. The van der Waals surface area contributed by atoms with E-state index in [4.69, 9.17) is 0 Å². The lowest BCUT2D eigenvalue weighted by Gasteiger charge is -2.34. The maximum Gasteiger partial charge on any atom is 0.0235 e. The topological polar surface area (TPSA) is 6.48 Å². The van der Waals surface area contributed by atoms with Gasteiger partial charge in [-0.3, -0.25) is 0 Å². The molecule has 0 aromatic rings. The summed E-state index contributed by atoms with van der Waals surface area (Å²) in [6, 6.07) is 0. The molecule has 0 bridgehead atoms. The molecule has 2 nitrogen and oxygen atoms in total. The molecule has 0 unspecified atom stereocenters. The van der Waals surface area contributed by atoms with Crippen molar-refractivity contribution in [3.05, 3.63) is 0 Å². The van der Waals surface area contributed by atoms with Gasteiger partial charge in [0.05, 0.1) is 0 Å². The summed E-state index contributed by atoms with van der Waals surface area (Å²) >= 11 is 0. The molecule has 18 heavy (non-hydrogen) atoms. The molecule has 1 saturated heterocycles. The van der Waals surface area contributed by atoms with Gasteiger partial charge in [0.15, 0.2) is 0 Å². The molecule has 1 rings (SSSR count). The molecule has 0 amide bonds. The molecule has 0 atom stereocenters. The van der Waals surface area contributed by atoms with Gasteiger partial charge in [0.1, 0.15) is 0 Å². The van der Waals surface area contributed by atoms with Crippen LogP contribution >= 0.6 is 43.5 Å². The van der Waals surface area contributed by atoms with E-state index in [2.05, 4.69) is 50.2 Å². The van der Waals surface area contributed by atoms with Crippen molar-refractivity contribution in [2.45, 2.75) is 51.0 Å². The Labute approximate surface area is 129 Å². The van der Waals surface area contributed by atoms with Crippen LogP contribution in [0.5, 0.6) is 0 Å². The molecular weight excluding hydrogens is 300 g/mol. The van der Waals surface area contributed by atoms with Crippen LogP contribution in [0, 0.1) is 0 Å². The molecule has 6 heteroatoms. The maximum atomic E-state index is 2.49. The monoisotopic (exact) mass is 326 g/mol. The van der Waals surface area contributed by atoms with Gasteiger partial charge in [0, 0.05) is 35.7 Å². The van der Waals surface area contributed by atoms with Crippen LogP contribution in [-0.2, 0) is 0 Å². The fourth-order valence-corrected chi connectivity index (χ4v) is 5.30. The highest BCUT2D eigenvalue weighted by Crippen LogP contribution is 2.40. The second-order valence-electron chi connectivity index (χ2n) is 6.40. The summed E-state index contributed by atoms with van der Waals surface area (Å²) in [5, 5.41) is 0. The lowest BCUT2D eigenvalue weighted by atomic mass is 10.3. The molecule has 1 fully saturated rings. The first-order valence-electron chi connectivity index (χ1n) is 6.37. The van der Waals surface area contributed by atoms with Gasteiger partial charge in [-0.15, -0.1) is 0 Å². The fraction of sp³-hybridized carbons (Fsp3) is 1.00. The molecule has 108 valence electrons. The highest BCUT2D eigenvalue weighted by atomic mass is 33.1. The van der Waals surface area contributed by atoms with E-state index in [0.717, 1.165) is 0 Å². The van der Waals surface area contributed by atoms with Crippen molar-refractivity contribution in [2.75, 3.05) is 26.2 Å². The lowest BCUT2D eigenvalue weighted by Crippen LogP contribution is -2.39. The zero-order valence-corrected chi connectivity index (χ0v) is 15.6. The van der Waals surface area contributed by atoms with E-state index in [1.807, 2.05) is 43.5 Å². The van der Waals surface area contributed by atoms with Gasteiger partial charge >= 0.3 is 0 Å². The Kier molecular flexibility index (Phi) is 7.11. The SMILES string of the molecule is CC(C)(C)SSN1CCN(SSC(C)(C)C)CC1. The minimum atomic E-state index is 0.346. The van der Waals surface area contributed by atoms with Crippen LogP contribution in [0.25, 0.3) is 0 Å². The number of nitrogens with zero attached hydrogens (tertiary/aromatic N) is 2. The molecule has 1 heterocycles. The molecule has 0 spiro atoms. The van der Waals surface area contributed by atoms with E-state index in [9.17, 15) is 0 Å². The maximum absolute atomic E-state index is 2.49. The number of hydrogen-bond acceptors (Lipinski definition) is 6. The van der Waals surface area contributed by atoms with Crippen LogP contribution in [-0.4, -0.2) is 44.3 Å². The number of piperazine rings is 1. The molecule has 0 N–H and O–H groups in total. The lowest BCUT2D eigenvalue weighted by molar-refractivity contribution is 0.312. The van der Waals surface area contributed by atoms with E-state index >= 15 is 0 Å². The normalized spacial score (nSPS) is 20.3. The molecule has 1 aliphatic rings. The van der Waals surface area contributed by atoms with Gasteiger partial charge < -0.3 is 0 Å². The molecule has 0 aromatic carbocycles. The molecule has 0 aliphatic carbocycles. The first-order valence-corrected chi connectivity index (χ1v) is 10.6. The number of rotatable bonds is 4. The third kappa shape index (κ3) is 8.48. The van der Waals surface area contributed by atoms with Crippen molar-refractivity contribution >= 4 is 43.5 Å². The summed E-state index contributed by atoms with van der Waals surface area (Å²) < 4.78 is 5.68. The zero-order valence-electron chi connectivity index (χ0n) is 12.4. The molecule has 1 aliphatic heterocycles. The smallest absolute Gasteiger partial charge is 0.0235 e. The van der Waals surface area contributed by atoms with Crippen LogP contribution in [0.15, 0.2) is 0 Å². The minimum Gasteiger partial charge on any atom is -0.239 e. The minimum absolute atomic E-state index is 0.346. The van der Waals surface area contributed by atoms with Gasteiger partial charge in [0.25, 0.3) is 0 Å².